The largest absolute Gasteiger partial charge is 0.355 e. The Bertz CT molecular complexity index is 731. The quantitative estimate of drug-likeness (QED) is 0.747. The summed E-state index contributed by atoms with van der Waals surface area (Å²) in [5.41, 5.74) is 9.73. The average Bonchev–Trinajstić information content (AvgIpc) is 2.81. The maximum atomic E-state index is 13.9. The Hall–Kier alpha value is -2.13. The van der Waals surface area contributed by atoms with Crippen molar-refractivity contribution in [1.29, 1.82) is 0 Å². The van der Waals surface area contributed by atoms with Crippen LogP contribution in [0.3, 0.4) is 0 Å². The van der Waals surface area contributed by atoms with Crippen molar-refractivity contribution in [3.63, 3.8) is 0 Å². The van der Waals surface area contributed by atoms with Gasteiger partial charge < -0.3 is 10.7 Å². The van der Waals surface area contributed by atoms with Crippen LogP contribution in [0.5, 0.6) is 0 Å². The summed E-state index contributed by atoms with van der Waals surface area (Å²) in [7, 11) is 0. The minimum absolute atomic E-state index is 0.0583. The number of H-pyrrole nitrogens is 1. The van der Waals surface area contributed by atoms with Crippen molar-refractivity contribution in [2.24, 2.45) is 5.73 Å². The lowest BCUT2D eigenvalue weighted by atomic mass is 9.93. The fourth-order valence-electron chi connectivity index (χ4n) is 2.79. The molecule has 0 bridgehead atoms. The second-order valence-electron chi connectivity index (χ2n) is 5.03. The summed E-state index contributed by atoms with van der Waals surface area (Å²) in [4.78, 5) is 3.23. The van der Waals surface area contributed by atoms with E-state index in [-0.39, 0.29) is 11.7 Å². The monoisotopic (exact) mass is 268 g/mol. The highest BCUT2D eigenvalue weighted by molar-refractivity contribution is 5.85. The van der Waals surface area contributed by atoms with Crippen LogP contribution < -0.4 is 5.73 Å². The van der Waals surface area contributed by atoms with Crippen LogP contribution in [0.15, 0.2) is 48.5 Å². The van der Waals surface area contributed by atoms with Crippen LogP contribution in [-0.4, -0.2) is 11.5 Å². The van der Waals surface area contributed by atoms with E-state index in [1.165, 1.54) is 6.07 Å². The SMILES string of the molecule is Cc1c(C(CN)c2ccccc2)[nH]c2c(F)cccc12. The van der Waals surface area contributed by atoms with E-state index < -0.39 is 0 Å². The molecule has 0 radical (unpaired) electrons. The van der Waals surface area contributed by atoms with Crippen LogP contribution >= 0.6 is 0 Å². The summed E-state index contributed by atoms with van der Waals surface area (Å²) in [5.74, 6) is -0.163. The highest BCUT2D eigenvalue weighted by atomic mass is 19.1. The number of aromatic nitrogens is 1. The Balaban J connectivity index is 2.18. The first-order valence-electron chi connectivity index (χ1n) is 6.74. The molecular weight excluding hydrogens is 251 g/mol. The van der Waals surface area contributed by atoms with Crippen molar-refractivity contribution in [2.45, 2.75) is 12.8 Å². The Morgan fingerprint density at radius 1 is 1.10 bits per heavy atom. The van der Waals surface area contributed by atoms with Crippen LogP contribution in [0.25, 0.3) is 10.9 Å². The van der Waals surface area contributed by atoms with E-state index >= 15 is 0 Å². The van der Waals surface area contributed by atoms with Gasteiger partial charge in [-0.3, -0.25) is 0 Å². The molecule has 3 heteroatoms. The zero-order chi connectivity index (χ0) is 14.1. The molecule has 0 saturated carbocycles. The number of aromatic amines is 1. The number of rotatable bonds is 3. The molecule has 3 N–H and O–H groups in total. The van der Waals surface area contributed by atoms with Crippen molar-refractivity contribution in [2.75, 3.05) is 6.54 Å². The third-order valence-electron chi connectivity index (χ3n) is 3.87. The number of para-hydroxylation sites is 1. The highest BCUT2D eigenvalue weighted by Crippen LogP contribution is 2.31. The second-order valence-corrected chi connectivity index (χ2v) is 5.03. The maximum Gasteiger partial charge on any atom is 0.147 e. The highest BCUT2D eigenvalue weighted by Gasteiger charge is 2.19. The molecule has 20 heavy (non-hydrogen) atoms. The molecule has 0 fully saturated rings. The first kappa shape index (κ1) is 12.9. The van der Waals surface area contributed by atoms with E-state index in [0.29, 0.717) is 12.1 Å². The fraction of sp³-hybridized carbons (Fsp3) is 0.176. The molecule has 1 aromatic heterocycles. The molecular formula is C17H17FN2. The Labute approximate surface area is 117 Å². The molecule has 3 aromatic rings. The minimum atomic E-state index is -0.222. The van der Waals surface area contributed by atoms with Gasteiger partial charge in [-0.25, -0.2) is 4.39 Å². The predicted molar refractivity (Wildman–Crippen MR) is 80.3 cm³/mol. The predicted octanol–water partition coefficient (Wildman–Crippen LogP) is 3.71. The summed E-state index contributed by atoms with van der Waals surface area (Å²) in [6.45, 7) is 2.50. The molecule has 2 aromatic carbocycles. The fourth-order valence-corrected chi connectivity index (χ4v) is 2.79. The van der Waals surface area contributed by atoms with Gasteiger partial charge in [-0.05, 0) is 24.1 Å². The number of hydrogen-bond donors (Lipinski definition) is 2. The van der Waals surface area contributed by atoms with Gasteiger partial charge in [-0.1, -0.05) is 42.5 Å². The van der Waals surface area contributed by atoms with E-state index in [4.69, 9.17) is 5.73 Å². The summed E-state index contributed by atoms with van der Waals surface area (Å²) in [5, 5.41) is 0.925. The van der Waals surface area contributed by atoms with E-state index in [1.807, 2.05) is 31.2 Å². The number of nitrogens with one attached hydrogen (secondary N) is 1. The first-order valence-corrected chi connectivity index (χ1v) is 6.74. The van der Waals surface area contributed by atoms with Crippen molar-refractivity contribution in [3.8, 4) is 0 Å². The lowest BCUT2D eigenvalue weighted by molar-refractivity contribution is 0.636. The van der Waals surface area contributed by atoms with Crippen molar-refractivity contribution < 1.29 is 4.39 Å². The molecule has 0 aliphatic heterocycles. The lowest BCUT2D eigenvalue weighted by Crippen LogP contribution is -2.15. The lowest BCUT2D eigenvalue weighted by Gasteiger charge is -2.15. The Morgan fingerprint density at radius 2 is 1.85 bits per heavy atom. The molecule has 0 amide bonds. The maximum absolute atomic E-state index is 13.9. The smallest absolute Gasteiger partial charge is 0.147 e. The second kappa shape index (κ2) is 5.10. The number of fused-ring (bicyclic) bond motifs is 1. The molecule has 1 heterocycles. The van der Waals surface area contributed by atoms with Gasteiger partial charge in [0.25, 0.3) is 0 Å². The molecule has 102 valence electrons. The van der Waals surface area contributed by atoms with E-state index in [2.05, 4.69) is 17.1 Å². The topological polar surface area (TPSA) is 41.8 Å². The number of aryl methyl sites for hydroxylation is 1. The summed E-state index contributed by atoms with van der Waals surface area (Å²) in [6, 6.07) is 15.2. The molecule has 0 aliphatic carbocycles. The van der Waals surface area contributed by atoms with Crippen LogP contribution in [0.2, 0.25) is 0 Å². The number of hydrogen-bond acceptors (Lipinski definition) is 1. The van der Waals surface area contributed by atoms with Crippen LogP contribution in [0.1, 0.15) is 22.7 Å². The van der Waals surface area contributed by atoms with Gasteiger partial charge in [0.15, 0.2) is 0 Å². The summed E-state index contributed by atoms with van der Waals surface area (Å²) >= 11 is 0. The number of halogens is 1. The third kappa shape index (κ3) is 2.00. The van der Waals surface area contributed by atoms with Gasteiger partial charge in [0, 0.05) is 23.5 Å². The van der Waals surface area contributed by atoms with Gasteiger partial charge in [-0.2, -0.15) is 0 Å². The Kier molecular flexibility index (Phi) is 3.28. The number of benzene rings is 2. The van der Waals surface area contributed by atoms with Crippen molar-refractivity contribution in [3.05, 3.63) is 71.2 Å². The standard InChI is InChI=1S/C17H17FN2/c1-11-13-8-5-9-15(18)17(13)20-16(11)14(10-19)12-6-3-2-4-7-12/h2-9,14,20H,10,19H2,1H3. The van der Waals surface area contributed by atoms with Gasteiger partial charge in [0.05, 0.1) is 5.52 Å². The summed E-state index contributed by atoms with van der Waals surface area (Å²) in [6.07, 6.45) is 0. The zero-order valence-electron chi connectivity index (χ0n) is 11.4. The normalized spacial score (nSPS) is 12.8. The first-order chi connectivity index (χ1) is 9.72. The average molecular weight is 268 g/mol. The molecule has 1 unspecified atom stereocenters. The van der Waals surface area contributed by atoms with Crippen molar-refractivity contribution >= 4 is 10.9 Å². The molecule has 0 saturated heterocycles. The van der Waals surface area contributed by atoms with Gasteiger partial charge in [-0.15, -0.1) is 0 Å². The minimum Gasteiger partial charge on any atom is -0.355 e. The van der Waals surface area contributed by atoms with Gasteiger partial charge in [0.2, 0.25) is 0 Å². The van der Waals surface area contributed by atoms with Crippen LogP contribution in [0, 0.1) is 12.7 Å². The molecule has 1 atom stereocenters. The third-order valence-corrected chi connectivity index (χ3v) is 3.87. The zero-order valence-corrected chi connectivity index (χ0v) is 11.4. The molecule has 3 rings (SSSR count). The van der Waals surface area contributed by atoms with E-state index in [1.54, 1.807) is 6.07 Å². The van der Waals surface area contributed by atoms with E-state index in [9.17, 15) is 4.39 Å². The number of nitrogens with two attached hydrogens (primary N) is 1. The van der Waals surface area contributed by atoms with Crippen molar-refractivity contribution in [1.82, 2.24) is 4.98 Å². The van der Waals surface area contributed by atoms with Gasteiger partial charge in [0.1, 0.15) is 5.82 Å². The van der Waals surface area contributed by atoms with Gasteiger partial charge >= 0.3 is 0 Å². The van der Waals surface area contributed by atoms with Crippen LogP contribution in [-0.2, 0) is 0 Å². The molecule has 0 aliphatic rings. The Morgan fingerprint density at radius 3 is 2.50 bits per heavy atom. The van der Waals surface area contributed by atoms with Crippen LogP contribution in [0.4, 0.5) is 4.39 Å². The van der Waals surface area contributed by atoms with E-state index in [0.717, 1.165) is 22.2 Å². The summed E-state index contributed by atoms with van der Waals surface area (Å²) < 4.78 is 13.9. The molecule has 0 spiro atoms. The molecule has 2 nitrogen and oxygen atoms in total.